The van der Waals surface area contributed by atoms with Crippen LogP contribution in [0.5, 0.6) is 0 Å². The number of hydrogen-bond donors (Lipinski definition) is 1. The molecule has 0 aliphatic heterocycles. The lowest BCUT2D eigenvalue weighted by atomic mass is 9.71. The Morgan fingerprint density at radius 3 is 2.47 bits per heavy atom. The van der Waals surface area contributed by atoms with Gasteiger partial charge < -0.3 is 5.11 Å². The van der Waals surface area contributed by atoms with Crippen LogP contribution < -0.4 is 0 Å². The van der Waals surface area contributed by atoms with Gasteiger partial charge in [0.1, 0.15) is 0 Å². The van der Waals surface area contributed by atoms with Gasteiger partial charge in [0.05, 0.1) is 12.6 Å². The van der Waals surface area contributed by atoms with Crippen LogP contribution in [0.3, 0.4) is 0 Å². The Labute approximate surface area is 102 Å². The van der Waals surface area contributed by atoms with Gasteiger partial charge in [-0.25, -0.2) is 8.78 Å². The third kappa shape index (κ3) is 3.16. The number of aliphatic hydroxyl groups is 1. The number of aliphatic hydroxyl groups excluding tert-OH is 1. The monoisotopic (exact) mass is 247 g/mol. The molecule has 0 heterocycles. The first-order valence-corrected chi connectivity index (χ1v) is 6.62. The molecule has 4 heteroatoms. The lowest BCUT2D eigenvalue weighted by Crippen LogP contribution is -2.52. The number of halogens is 2. The summed E-state index contributed by atoms with van der Waals surface area (Å²) in [5.41, 5.74) is 0.0384. The minimum Gasteiger partial charge on any atom is -0.393 e. The molecular formula is C13H23F2NO. The van der Waals surface area contributed by atoms with Crippen LogP contribution in [0, 0.1) is 5.41 Å². The first-order chi connectivity index (χ1) is 7.90. The third-order valence-electron chi connectivity index (χ3n) is 4.28. The van der Waals surface area contributed by atoms with Crippen molar-refractivity contribution in [1.82, 2.24) is 4.90 Å². The van der Waals surface area contributed by atoms with Crippen molar-refractivity contribution in [1.29, 1.82) is 0 Å². The summed E-state index contributed by atoms with van der Waals surface area (Å²) < 4.78 is 25.3. The highest BCUT2D eigenvalue weighted by atomic mass is 19.3. The summed E-state index contributed by atoms with van der Waals surface area (Å²) in [7, 11) is 0. The summed E-state index contributed by atoms with van der Waals surface area (Å²) in [6.45, 7) is 4.15. The summed E-state index contributed by atoms with van der Waals surface area (Å²) in [5, 5.41) is 9.78. The summed E-state index contributed by atoms with van der Waals surface area (Å²) in [5.74, 6) is 0. The zero-order chi connectivity index (χ0) is 12.6. The second-order valence-corrected chi connectivity index (χ2v) is 6.25. The molecule has 0 aromatic rings. The molecule has 0 spiro atoms. The predicted molar refractivity (Wildman–Crippen MR) is 63.2 cm³/mol. The molecule has 17 heavy (non-hydrogen) atoms. The van der Waals surface area contributed by atoms with E-state index in [9.17, 15) is 13.9 Å². The summed E-state index contributed by atoms with van der Waals surface area (Å²) in [6, 6.07) is 0.436. The lowest BCUT2D eigenvalue weighted by molar-refractivity contribution is -0.0370. The maximum atomic E-state index is 12.7. The topological polar surface area (TPSA) is 23.5 Å². The molecule has 0 aromatic carbocycles. The van der Waals surface area contributed by atoms with Gasteiger partial charge in [-0.2, -0.15) is 0 Å². The van der Waals surface area contributed by atoms with Gasteiger partial charge in [-0.15, -0.1) is 0 Å². The molecule has 2 saturated carbocycles. The van der Waals surface area contributed by atoms with Crippen molar-refractivity contribution in [3.63, 3.8) is 0 Å². The maximum Gasteiger partial charge on any atom is 0.251 e. The largest absolute Gasteiger partial charge is 0.393 e. The molecule has 2 unspecified atom stereocenters. The molecule has 0 aromatic heterocycles. The highest BCUT2D eigenvalue weighted by Gasteiger charge is 2.44. The highest BCUT2D eigenvalue weighted by molar-refractivity contribution is 4.98. The predicted octanol–water partition coefficient (Wildman–Crippen LogP) is 2.66. The van der Waals surface area contributed by atoms with Crippen molar-refractivity contribution >= 4 is 0 Å². The van der Waals surface area contributed by atoms with E-state index in [-0.39, 0.29) is 24.1 Å². The van der Waals surface area contributed by atoms with E-state index in [0.29, 0.717) is 12.5 Å². The summed E-state index contributed by atoms with van der Waals surface area (Å²) >= 11 is 0. The minimum atomic E-state index is -2.27. The zero-order valence-electron chi connectivity index (χ0n) is 10.7. The molecule has 2 aliphatic rings. The van der Waals surface area contributed by atoms with Crippen LogP contribution in [0.15, 0.2) is 0 Å². The van der Waals surface area contributed by atoms with Crippen LogP contribution >= 0.6 is 0 Å². The van der Waals surface area contributed by atoms with E-state index in [0.717, 1.165) is 25.7 Å². The van der Waals surface area contributed by atoms with Gasteiger partial charge in [0.2, 0.25) is 0 Å². The Morgan fingerprint density at radius 1 is 1.29 bits per heavy atom. The number of nitrogens with zero attached hydrogens (tertiary/aromatic N) is 1. The molecular weight excluding hydrogens is 224 g/mol. The van der Waals surface area contributed by atoms with Crippen molar-refractivity contribution in [3.05, 3.63) is 0 Å². The Bertz CT molecular complexity index is 266. The van der Waals surface area contributed by atoms with Crippen molar-refractivity contribution in [2.75, 3.05) is 6.54 Å². The van der Waals surface area contributed by atoms with E-state index in [1.54, 1.807) is 0 Å². The molecule has 2 nitrogen and oxygen atoms in total. The standard InChI is InChI=1S/C13H23F2NO/c1-13(2)6-5-10(17)7-11(13)16(8-12(14)15)9-3-4-9/h9-12,17H,3-8H2,1-2H3. The van der Waals surface area contributed by atoms with E-state index < -0.39 is 6.43 Å². The molecule has 2 atom stereocenters. The van der Waals surface area contributed by atoms with Gasteiger partial charge in [0.15, 0.2) is 0 Å². The van der Waals surface area contributed by atoms with Crippen LogP contribution in [-0.4, -0.2) is 41.2 Å². The quantitative estimate of drug-likeness (QED) is 0.825. The van der Waals surface area contributed by atoms with Gasteiger partial charge in [-0.1, -0.05) is 13.8 Å². The molecule has 0 radical (unpaired) electrons. The minimum absolute atomic E-state index is 0.0384. The Hall–Kier alpha value is -0.220. The second kappa shape index (κ2) is 4.81. The van der Waals surface area contributed by atoms with Crippen molar-refractivity contribution < 1.29 is 13.9 Å². The van der Waals surface area contributed by atoms with Crippen molar-refractivity contribution in [2.24, 2.45) is 5.41 Å². The van der Waals surface area contributed by atoms with E-state index in [1.165, 1.54) is 0 Å². The Morgan fingerprint density at radius 2 is 1.94 bits per heavy atom. The van der Waals surface area contributed by atoms with Crippen LogP contribution in [-0.2, 0) is 0 Å². The van der Waals surface area contributed by atoms with Gasteiger partial charge >= 0.3 is 0 Å². The van der Waals surface area contributed by atoms with Gasteiger partial charge in [0, 0.05) is 12.1 Å². The molecule has 2 fully saturated rings. The van der Waals surface area contributed by atoms with Gasteiger partial charge in [-0.05, 0) is 37.5 Å². The molecule has 2 aliphatic carbocycles. The summed E-state index contributed by atoms with van der Waals surface area (Å²) in [4.78, 5) is 1.97. The average molecular weight is 247 g/mol. The fraction of sp³-hybridized carbons (Fsp3) is 1.00. The van der Waals surface area contributed by atoms with Crippen LogP contribution in [0.1, 0.15) is 46.0 Å². The molecule has 0 bridgehead atoms. The van der Waals surface area contributed by atoms with E-state index >= 15 is 0 Å². The fourth-order valence-corrected chi connectivity index (χ4v) is 3.08. The fourth-order valence-electron chi connectivity index (χ4n) is 3.08. The van der Waals surface area contributed by atoms with Crippen molar-refractivity contribution in [3.8, 4) is 0 Å². The van der Waals surface area contributed by atoms with E-state index in [2.05, 4.69) is 13.8 Å². The van der Waals surface area contributed by atoms with E-state index in [1.807, 2.05) is 4.90 Å². The molecule has 0 amide bonds. The lowest BCUT2D eigenvalue weighted by Gasteiger charge is -2.47. The first-order valence-electron chi connectivity index (χ1n) is 6.62. The number of alkyl halides is 2. The maximum absolute atomic E-state index is 12.7. The normalized spacial score (nSPS) is 33.4. The molecule has 1 N–H and O–H groups in total. The number of rotatable bonds is 4. The Kier molecular flexibility index (Phi) is 3.74. The summed E-state index contributed by atoms with van der Waals surface area (Å²) in [6.07, 6.45) is 1.86. The zero-order valence-corrected chi connectivity index (χ0v) is 10.7. The smallest absolute Gasteiger partial charge is 0.251 e. The van der Waals surface area contributed by atoms with Gasteiger partial charge in [-0.3, -0.25) is 4.90 Å². The third-order valence-corrected chi connectivity index (χ3v) is 4.28. The van der Waals surface area contributed by atoms with Gasteiger partial charge in [0.25, 0.3) is 6.43 Å². The number of hydrogen-bond acceptors (Lipinski definition) is 2. The highest BCUT2D eigenvalue weighted by Crippen LogP contribution is 2.43. The molecule has 2 rings (SSSR count). The molecule has 0 saturated heterocycles. The van der Waals surface area contributed by atoms with Crippen LogP contribution in [0.25, 0.3) is 0 Å². The average Bonchev–Trinajstić information content (AvgIpc) is 3.02. The van der Waals surface area contributed by atoms with Crippen molar-refractivity contribution in [2.45, 2.75) is 70.6 Å². The van der Waals surface area contributed by atoms with Crippen LogP contribution in [0.4, 0.5) is 8.78 Å². The Balaban J connectivity index is 2.09. The van der Waals surface area contributed by atoms with Crippen LogP contribution in [0.2, 0.25) is 0 Å². The molecule has 100 valence electrons. The second-order valence-electron chi connectivity index (χ2n) is 6.25. The first kappa shape index (κ1) is 13.2. The van der Waals surface area contributed by atoms with E-state index in [4.69, 9.17) is 0 Å². The SMILES string of the molecule is CC1(C)CCC(O)CC1N(CC(F)F)C1CC1.